The lowest BCUT2D eigenvalue weighted by Crippen LogP contribution is -2.39. The Bertz CT molecular complexity index is 685. The third-order valence-corrected chi connectivity index (χ3v) is 2.87. The number of aliphatic hydroxyl groups is 1. The van der Waals surface area contributed by atoms with Crippen LogP contribution in [0.1, 0.15) is 23.3 Å². The summed E-state index contributed by atoms with van der Waals surface area (Å²) in [6.45, 7) is 0.892. The fourth-order valence-electron chi connectivity index (χ4n) is 1.79. The Hall–Kier alpha value is -2.62. The van der Waals surface area contributed by atoms with Crippen molar-refractivity contribution < 1.29 is 27.6 Å². The summed E-state index contributed by atoms with van der Waals surface area (Å²) in [5, 5.41) is 17.5. The minimum atomic E-state index is -1.62. The second-order valence-corrected chi connectivity index (χ2v) is 4.59. The zero-order chi connectivity index (χ0) is 17.0. The number of carbonyl (C=O) groups excluding carboxylic acids is 1. The highest BCUT2D eigenvalue weighted by Gasteiger charge is 2.19. The predicted molar refractivity (Wildman–Crippen MR) is 70.5 cm³/mol. The molecule has 1 unspecified atom stereocenters. The molecule has 0 fully saturated rings. The molecule has 7 nitrogen and oxygen atoms in total. The van der Waals surface area contributed by atoms with Gasteiger partial charge in [0.2, 0.25) is 5.89 Å². The molecule has 2 amide bonds. The van der Waals surface area contributed by atoms with E-state index in [-0.39, 0.29) is 17.9 Å². The first kappa shape index (κ1) is 16.7. The van der Waals surface area contributed by atoms with Gasteiger partial charge < -0.3 is 20.3 Å². The Balaban J connectivity index is 1.99. The number of aryl methyl sites for hydroxylation is 1. The van der Waals surface area contributed by atoms with Crippen LogP contribution in [0.2, 0.25) is 0 Å². The standard InChI is InChI=1S/C13H13F3N4O3/c1-6-18-11(20-23-6)4-17-13(22)19-10(5-21)7-2-8(14)12(16)9(15)3-7/h2-3,10,21H,4-5H2,1H3,(H2,17,19,22). The van der Waals surface area contributed by atoms with Crippen molar-refractivity contribution in [2.24, 2.45) is 0 Å². The van der Waals surface area contributed by atoms with E-state index in [0.717, 1.165) is 0 Å². The van der Waals surface area contributed by atoms with Crippen molar-refractivity contribution in [3.05, 3.63) is 46.9 Å². The number of benzene rings is 1. The van der Waals surface area contributed by atoms with Crippen molar-refractivity contribution in [1.29, 1.82) is 0 Å². The van der Waals surface area contributed by atoms with Crippen LogP contribution in [0.3, 0.4) is 0 Å². The van der Waals surface area contributed by atoms with Gasteiger partial charge in [0, 0.05) is 6.92 Å². The lowest BCUT2D eigenvalue weighted by atomic mass is 10.1. The zero-order valence-corrected chi connectivity index (χ0v) is 11.9. The molecular weight excluding hydrogens is 317 g/mol. The van der Waals surface area contributed by atoms with Crippen molar-refractivity contribution in [3.63, 3.8) is 0 Å². The molecule has 0 saturated carbocycles. The molecule has 1 atom stereocenters. The lowest BCUT2D eigenvalue weighted by Gasteiger charge is -2.17. The fraction of sp³-hybridized carbons (Fsp3) is 0.308. The van der Waals surface area contributed by atoms with Crippen LogP contribution < -0.4 is 10.6 Å². The predicted octanol–water partition coefficient (Wildman–Crippen LogP) is 1.33. The van der Waals surface area contributed by atoms with Crippen LogP contribution in [-0.4, -0.2) is 27.9 Å². The Morgan fingerprint density at radius 1 is 1.35 bits per heavy atom. The normalized spacial score (nSPS) is 12.0. The number of nitrogens with zero attached hydrogens (tertiary/aromatic N) is 2. The lowest BCUT2D eigenvalue weighted by molar-refractivity contribution is 0.216. The van der Waals surface area contributed by atoms with E-state index in [1.54, 1.807) is 6.92 Å². The second-order valence-electron chi connectivity index (χ2n) is 4.59. The van der Waals surface area contributed by atoms with Crippen LogP contribution in [0.15, 0.2) is 16.7 Å². The van der Waals surface area contributed by atoms with Gasteiger partial charge >= 0.3 is 6.03 Å². The molecule has 0 spiro atoms. The number of nitrogens with one attached hydrogen (secondary N) is 2. The minimum absolute atomic E-state index is 0.0482. The van der Waals surface area contributed by atoms with Gasteiger partial charge in [-0.2, -0.15) is 4.98 Å². The molecule has 1 aromatic carbocycles. The van der Waals surface area contributed by atoms with Crippen molar-refractivity contribution in [1.82, 2.24) is 20.8 Å². The molecule has 0 aliphatic heterocycles. The van der Waals surface area contributed by atoms with Gasteiger partial charge in [0.05, 0.1) is 19.2 Å². The van der Waals surface area contributed by atoms with Gasteiger partial charge in [0.1, 0.15) is 0 Å². The molecule has 3 N–H and O–H groups in total. The smallest absolute Gasteiger partial charge is 0.315 e. The summed E-state index contributed by atoms with van der Waals surface area (Å²) in [5.74, 6) is -3.89. The van der Waals surface area contributed by atoms with E-state index in [1.165, 1.54) is 0 Å². The van der Waals surface area contributed by atoms with Gasteiger partial charge in [-0.05, 0) is 17.7 Å². The van der Waals surface area contributed by atoms with E-state index in [9.17, 15) is 23.1 Å². The number of hydrogen-bond donors (Lipinski definition) is 3. The van der Waals surface area contributed by atoms with Crippen molar-refractivity contribution in [3.8, 4) is 0 Å². The van der Waals surface area contributed by atoms with E-state index in [4.69, 9.17) is 4.52 Å². The zero-order valence-electron chi connectivity index (χ0n) is 11.9. The van der Waals surface area contributed by atoms with Gasteiger partial charge in [-0.3, -0.25) is 0 Å². The fourth-order valence-corrected chi connectivity index (χ4v) is 1.79. The highest BCUT2D eigenvalue weighted by atomic mass is 19.2. The van der Waals surface area contributed by atoms with Crippen LogP contribution >= 0.6 is 0 Å². The Kier molecular flexibility index (Phi) is 5.16. The third-order valence-electron chi connectivity index (χ3n) is 2.87. The summed E-state index contributed by atoms with van der Waals surface area (Å²) >= 11 is 0. The molecule has 2 rings (SSSR count). The summed E-state index contributed by atoms with van der Waals surface area (Å²) in [6, 6.07) is -0.465. The monoisotopic (exact) mass is 330 g/mol. The number of aromatic nitrogens is 2. The first-order valence-electron chi connectivity index (χ1n) is 6.49. The summed E-state index contributed by atoms with van der Waals surface area (Å²) in [6.07, 6.45) is 0. The first-order chi connectivity index (χ1) is 10.9. The Morgan fingerprint density at radius 3 is 2.52 bits per heavy atom. The summed E-state index contributed by atoms with van der Waals surface area (Å²) < 4.78 is 44.0. The maximum Gasteiger partial charge on any atom is 0.315 e. The number of urea groups is 1. The van der Waals surface area contributed by atoms with E-state index in [0.29, 0.717) is 18.0 Å². The molecular formula is C13H13F3N4O3. The summed E-state index contributed by atoms with van der Waals surface area (Å²) in [5.41, 5.74) is -0.116. The maximum atomic E-state index is 13.2. The summed E-state index contributed by atoms with van der Waals surface area (Å²) in [4.78, 5) is 15.6. The van der Waals surface area contributed by atoms with Gasteiger partial charge in [-0.1, -0.05) is 5.16 Å². The SMILES string of the molecule is Cc1nc(CNC(=O)NC(CO)c2cc(F)c(F)c(F)c2)no1. The van der Waals surface area contributed by atoms with Gasteiger partial charge in [0.25, 0.3) is 0 Å². The topological polar surface area (TPSA) is 100 Å². The molecule has 1 aromatic heterocycles. The van der Waals surface area contributed by atoms with Crippen LogP contribution in [0.5, 0.6) is 0 Å². The van der Waals surface area contributed by atoms with Gasteiger partial charge in [0.15, 0.2) is 23.3 Å². The molecule has 23 heavy (non-hydrogen) atoms. The number of rotatable bonds is 5. The van der Waals surface area contributed by atoms with Crippen molar-refractivity contribution >= 4 is 6.03 Å². The van der Waals surface area contributed by atoms with Crippen LogP contribution in [0.25, 0.3) is 0 Å². The molecule has 0 aliphatic rings. The molecule has 0 radical (unpaired) electrons. The Labute approximate surface area is 128 Å². The first-order valence-corrected chi connectivity index (χ1v) is 6.49. The van der Waals surface area contributed by atoms with Gasteiger partial charge in [-0.15, -0.1) is 0 Å². The highest BCUT2D eigenvalue weighted by Crippen LogP contribution is 2.19. The highest BCUT2D eigenvalue weighted by molar-refractivity contribution is 5.74. The van der Waals surface area contributed by atoms with Crippen LogP contribution in [0, 0.1) is 24.4 Å². The molecule has 2 aromatic rings. The largest absolute Gasteiger partial charge is 0.394 e. The molecule has 0 saturated heterocycles. The quantitative estimate of drug-likeness (QED) is 0.718. The minimum Gasteiger partial charge on any atom is -0.394 e. The second kappa shape index (κ2) is 7.09. The third kappa shape index (κ3) is 4.19. The number of amides is 2. The van der Waals surface area contributed by atoms with Crippen molar-refractivity contribution in [2.75, 3.05) is 6.61 Å². The van der Waals surface area contributed by atoms with E-state index in [1.807, 2.05) is 0 Å². The number of carbonyl (C=O) groups is 1. The van der Waals surface area contributed by atoms with Gasteiger partial charge in [-0.25, -0.2) is 18.0 Å². The average molecular weight is 330 g/mol. The Morgan fingerprint density at radius 2 is 2.00 bits per heavy atom. The van der Waals surface area contributed by atoms with Crippen LogP contribution in [-0.2, 0) is 6.54 Å². The molecule has 1 heterocycles. The molecule has 0 bridgehead atoms. The van der Waals surface area contributed by atoms with Crippen LogP contribution in [0.4, 0.5) is 18.0 Å². The molecule has 10 heteroatoms. The molecule has 0 aliphatic carbocycles. The maximum absolute atomic E-state index is 13.2. The average Bonchev–Trinajstić information content (AvgIpc) is 2.93. The van der Waals surface area contributed by atoms with E-state index in [2.05, 4.69) is 20.8 Å². The van der Waals surface area contributed by atoms with E-state index >= 15 is 0 Å². The van der Waals surface area contributed by atoms with Crippen molar-refractivity contribution in [2.45, 2.75) is 19.5 Å². The number of hydrogen-bond acceptors (Lipinski definition) is 5. The van der Waals surface area contributed by atoms with E-state index < -0.39 is 36.1 Å². The number of halogens is 3. The number of aliphatic hydroxyl groups excluding tert-OH is 1. The molecule has 124 valence electrons. The summed E-state index contributed by atoms with van der Waals surface area (Å²) in [7, 11) is 0.